The number of hydrogen-bond donors (Lipinski definition) is 0. The van der Waals surface area contributed by atoms with E-state index in [4.69, 9.17) is 8.83 Å². The lowest BCUT2D eigenvalue weighted by Gasteiger charge is -2.15. The highest BCUT2D eigenvalue weighted by atomic mass is 16.3. The monoisotopic (exact) mass is 738 g/mol. The molecule has 58 heavy (non-hydrogen) atoms. The van der Waals surface area contributed by atoms with Crippen molar-refractivity contribution in [2.75, 3.05) is 0 Å². The molecule has 0 aliphatic heterocycles. The summed E-state index contributed by atoms with van der Waals surface area (Å²) >= 11 is 0. The maximum atomic E-state index is 11.0. The molecule has 0 N–H and O–H groups in total. The first kappa shape index (κ1) is 30.9. The number of benzene rings is 9. The van der Waals surface area contributed by atoms with E-state index in [0.717, 1.165) is 109 Å². The molecule has 13 rings (SSSR count). The minimum absolute atomic E-state index is 0.450. The van der Waals surface area contributed by atoms with Crippen LogP contribution in [-0.2, 0) is 0 Å². The largest absolute Gasteiger partial charge is 0.456 e. The Balaban J connectivity index is 1.11. The Labute approximate surface area is 328 Å². The molecule has 0 radical (unpaired) electrons. The van der Waals surface area contributed by atoms with E-state index < -0.39 is 0 Å². The first-order valence-electron chi connectivity index (χ1n) is 19.2. The lowest BCUT2D eigenvalue weighted by atomic mass is 10.0. The van der Waals surface area contributed by atoms with E-state index in [2.05, 4.69) is 118 Å². The molecule has 0 saturated carbocycles. The molecule has 13 aromatic rings. The average Bonchev–Trinajstić information content (AvgIpc) is 4.01. The predicted octanol–water partition coefficient (Wildman–Crippen LogP) is 13.7. The van der Waals surface area contributed by atoms with Crippen LogP contribution in [0.3, 0.4) is 0 Å². The van der Waals surface area contributed by atoms with Gasteiger partial charge in [-0.2, -0.15) is 10.5 Å². The molecule has 0 unspecified atom stereocenters. The summed E-state index contributed by atoms with van der Waals surface area (Å²) in [5.41, 5.74) is 9.16. The highest BCUT2D eigenvalue weighted by molar-refractivity contribution is 6.24. The minimum Gasteiger partial charge on any atom is -0.456 e. The molecule has 266 valence electrons. The maximum absolute atomic E-state index is 11.0. The number of fused-ring (bicyclic) bond motifs is 16. The van der Waals surface area contributed by atoms with Crippen molar-refractivity contribution in [1.82, 2.24) is 9.13 Å². The molecule has 0 aliphatic rings. The summed E-state index contributed by atoms with van der Waals surface area (Å²) in [6, 6.07) is 58.9. The van der Waals surface area contributed by atoms with Crippen molar-refractivity contribution in [2.45, 2.75) is 0 Å². The first-order chi connectivity index (χ1) is 28.7. The van der Waals surface area contributed by atoms with Crippen LogP contribution in [0.5, 0.6) is 0 Å². The zero-order chi connectivity index (χ0) is 38.2. The Morgan fingerprint density at radius 3 is 1.21 bits per heavy atom. The van der Waals surface area contributed by atoms with Gasteiger partial charge in [0.25, 0.3) is 0 Å². The lowest BCUT2D eigenvalue weighted by Crippen LogP contribution is -2.04. The molecule has 4 aromatic heterocycles. The quantitative estimate of drug-likeness (QED) is 0.177. The predicted molar refractivity (Wildman–Crippen MR) is 234 cm³/mol. The van der Waals surface area contributed by atoms with Crippen molar-refractivity contribution >= 4 is 109 Å². The summed E-state index contributed by atoms with van der Waals surface area (Å²) in [4.78, 5) is 0. The van der Waals surface area contributed by atoms with Crippen LogP contribution in [0, 0.1) is 22.7 Å². The van der Waals surface area contributed by atoms with Gasteiger partial charge in [0.1, 0.15) is 34.5 Å². The minimum atomic E-state index is 0.450. The molecular weight excluding hydrogens is 713 g/mol. The number of para-hydroxylation sites is 2. The second-order valence-corrected chi connectivity index (χ2v) is 15.1. The van der Waals surface area contributed by atoms with E-state index in [0.29, 0.717) is 22.5 Å². The van der Waals surface area contributed by atoms with Crippen LogP contribution in [0.15, 0.2) is 167 Å². The number of rotatable bonds is 2. The molecule has 0 aliphatic carbocycles. The van der Waals surface area contributed by atoms with Gasteiger partial charge in [-0.25, -0.2) is 0 Å². The van der Waals surface area contributed by atoms with Crippen LogP contribution in [0.25, 0.3) is 120 Å². The van der Waals surface area contributed by atoms with Crippen molar-refractivity contribution in [1.29, 1.82) is 10.5 Å². The Kier molecular flexibility index (Phi) is 5.94. The summed E-state index contributed by atoms with van der Waals surface area (Å²) in [6.07, 6.45) is 0. The molecule has 9 aromatic carbocycles. The SMILES string of the molecule is N#Cc1cc(-n2c3ccccc3c3cc4oc5ccc6ccccc6c5c4cc32)c(C#N)cc1-n1c2ccccc2c2cc3oc4ccc5ccccc5c4c3cc21. The summed E-state index contributed by atoms with van der Waals surface area (Å²) in [5, 5.41) is 34.7. The number of nitriles is 2. The first-order valence-corrected chi connectivity index (χ1v) is 19.2. The van der Waals surface area contributed by atoms with Crippen LogP contribution >= 0.6 is 0 Å². The molecule has 6 nitrogen and oxygen atoms in total. The summed E-state index contributed by atoms with van der Waals surface area (Å²) in [5.74, 6) is 0. The van der Waals surface area contributed by atoms with Crippen molar-refractivity contribution in [3.05, 3.63) is 169 Å². The third-order valence-corrected chi connectivity index (χ3v) is 12.1. The van der Waals surface area contributed by atoms with E-state index in [9.17, 15) is 10.5 Å². The smallest absolute Gasteiger partial charge is 0.136 e. The van der Waals surface area contributed by atoms with Gasteiger partial charge in [-0.1, -0.05) is 97.1 Å². The van der Waals surface area contributed by atoms with E-state index in [1.54, 1.807) is 0 Å². The van der Waals surface area contributed by atoms with Crippen molar-refractivity contribution in [3.8, 4) is 23.5 Å². The van der Waals surface area contributed by atoms with Gasteiger partial charge in [0.2, 0.25) is 0 Å². The number of hydrogen-bond acceptors (Lipinski definition) is 4. The number of aromatic nitrogens is 2. The van der Waals surface area contributed by atoms with Crippen LogP contribution in [0.1, 0.15) is 11.1 Å². The fraction of sp³-hybridized carbons (Fsp3) is 0. The molecular formula is C52H26N4O2. The fourth-order valence-electron chi connectivity index (χ4n) is 9.66. The molecule has 6 heteroatoms. The van der Waals surface area contributed by atoms with Crippen molar-refractivity contribution in [2.24, 2.45) is 0 Å². The van der Waals surface area contributed by atoms with Crippen LogP contribution in [0.2, 0.25) is 0 Å². The normalized spacial score (nSPS) is 12.1. The van der Waals surface area contributed by atoms with E-state index in [1.165, 1.54) is 0 Å². The highest BCUT2D eigenvalue weighted by Crippen LogP contribution is 2.44. The van der Waals surface area contributed by atoms with Crippen LogP contribution in [-0.4, -0.2) is 9.13 Å². The van der Waals surface area contributed by atoms with Gasteiger partial charge in [0.15, 0.2) is 0 Å². The molecule has 0 bridgehead atoms. The molecule has 0 fully saturated rings. The third-order valence-electron chi connectivity index (χ3n) is 12.1. The van der Waals surface area contributed by atoms with Gasteiger partial charge in [-0.3, -0.25) is 0 Å². The van der Waals surface area contributed by atoms with Gasteiger partial charge in [0.05, 0.1) is 44.6 Å². The van der Waals surface area contributed by atoms with E-state index in [-0.39, 0.29) is 0 Å². The van der Waals surface area contributed by atoms with Crippen molar-refractivity contribution in [3.63, 3.8) is 0 Å². The second kappa shape index (κ2) is 11.1. The van der Waals surface area contributed by atoms with E-state index >= 15 is 0 Å². The zero-order valence-electron chi connectivity index (χ0n) is 30.6. The standard InChI is InChI=1S/C52H26N4O2/c53-27-31-22-44(56-42-16-8-6-14-36(42)38-26-50-40(24-46(38)56)52-34-12-4-2-10-30(34)18-20-48(52)58-50)32(28-54)21-43(31)55-41-15-7-5-13-35(41)37-25-49-39(23-45(37)55)51-33-11-3-1-9-29(33)17-19-47(51)57-49/h1-26H. The van der Waals surface area contributed by atoms with Crippen LogP contribution < -0.4 is 0 Å². The van der Waals surface area contributed by atoms with E-state index in [1.807, 2.05) is 60.7 Å². The Hall–Kier alpha value is -8.32. The molecule has 0 amide bonds. The molecule has 0 spiro atoms. The Morgan fingerprint density at radius 1 is 0.345 bits per heavy atom. The average molecular weight is 739 g/mol. The van der Waals surface area contributed by atoms with Gasteiger partial charge >= 0.3 is 0 Å². The van der Waals surface area contributed by atoms with Gasteiger partial charge in [0, 0.05) is 43.1 Å². The summed E-state index contributed by atoms with van der Waals surface area (Å²) < 4.78 is 17.3. The highest BCUT2D eigenvalue weighted by Gasteiger charge is 2.23. The second-order valence-electron chi connectivity index (χ2n) is 15.1. The lowest BCUT2D eigenvalue weighted by molar-refractivity contribution is 0.669. The summed E-state index contributed by atoms with van der Waals surface area (Å²) in [7, 11) is 0. The van der Waals surface area contributed by atoms with Crippen LogP contribution in [0.4, 0.5) is 0 Å². The van der Waals surface area contributed by atoms with Crippen molar-refractivity contribution < 1.29 is 8.83 Å². The van der Waals surface area contributed by atoms with Gasteiger partial charge in [-0.15, -0.1) is 0 Å². The summed E-state index contributed by atoms with van der Waals surface area (Å²) in [6.45, 7) is 0. The van der Waals surface area contributed by atoms with Gasteiger partial charge in [-0.05, 0) is 82.2 Å². The third kappa shape index (κ3) is 3.97. The number of furan rings is 2. The molecule has 0 atom stereocenters. The fourth-order valence-corrected chi connectivity index (χ4v) is 9.66. The van der Waals surface area contributed by atoms with Gasteiger partial charge < -0.3 is 18.0 Å². The topological polar surface area (TPSA) is 83.7 Å². The molecule has 4 heterocycles. The zero-order valence-corrected chi connectivity index (χ0v) is 30.6. The molecule has 0 saturated heterocycles. The Morgan fingerprint density at radius 2 is 0.759 bits per heavy atom. The maximum Gasteiger partial charge on any atom is 0.136 e. The number of nitrogens with zero attached hydrogens (tertiary/aromatic N) is 4. The Bertz CT molecular complexity index is 3800.